The van der Waals surface area contributed by atoms with Crippen molar-refractivity contribution in [3.05, 3.63) is 65.7 Å². The lowest BCUT2D eigenvalue weighted by Crippen LogP contribution is -2.24. The molecule has 0 spiro atoms. The summed E-state index contributed by atoms with van der Waals surface area (Å²) in [7, 11) is 0. The Balaban J connectivity index is 1.60. The molecule has 2 atom stereocenters. The Kier molecular flexibility index (Phi) is 5.16. The Morgan fingerprint density at radius 3 is 2.68 bits per heavy atom. The number of likely N-dealkylation sites (tertiary alicyclic amines) is 1. The first-order chi connectivity index (χ1) is 13.5. The molecule has 2 aromatic carbocycles. The maximum absolute atomic E-state index is 13.1. The quantitative estimate of drug-likeness (QED) is 0.621. The van der Waals surface area contributed by atoms with Gasteiger partial charge in [-0.1, -0.05) is 44.5 Å². The molecule has 1 aromatic heterocycles. The summed E-state index contributed by atoms with van der Waals surface area (Å²) in [6.45, 7) is 6.53. The predicted octanol–water partition coefficient (Wildman–Crippen LogP) is 4.74. The standard InChI is InChI=1S/C23H26FN3O/c1-3-16(2)13-27-21-7-5-4-6-20(21)25-23(27)18-12-22(28)26(15-18)14-17-8-10-19(24)11-9-17/h4-11,16,18H,3,12-15H2,1-2H3. The SMILES string of the molecule is CCC(C)Cn1c(C2CC(=O)N(Cc3ccc(F)cc3)C2)nc2ccccc21. The molecule has 2 heterocycles. The first-order valence-electron chi connectivity index (χ1n) is 10.0. The van der Waals surface area contributed by atoms with Gasteiger partial charge in [-0.25, -0.2) is 9.37 Å². The van der Waals surface area contributed by atoms with E-state index in [-0.39, 0.29) is 17.6 Å². The van der Waals surface area contributed by atoms with Gasteiger partial charge in [-0.2, -0.15) is 0 Å². The van der Waals surface area contributed by atoms with E-state index in [0.29, 0.717) is 25.4 Å². The van der Waals surface area contributed by atoms with E-state index in [1.807, 2.05) is 23.1 Å². The van der Waals surface area contributed by atoms with Gasteiger partial charge in [0.15, 0.2) is 0 Å². The summed E-state index contributed by atoms with van der Waals surface area (Å²) in [4.78, 5) is 19.4. The van der Waals surface area contributed by atoms with Crippen molar-refractivity contribution in [2.75, 3.05) is 6.54 Å². The second kappa shape index (κ2) is 7.74. The molecule has 1 amide bonds. The molecule has 0 radical (unpaired) electrons. The zero-order valence-corrected chi connectivity index (χ0v) is 16.4. The van der Waals surface area contributed by atoms with Crippen LogP contribution in [0.4, 0.5) is 4.39 Å². The molecule has 4 rings (SSSR count). The molecule has 1 saturated heterocycles. The summed E-state index contributed by atoms with van der Waals surface area (Å²) in [5.41, 5.74) is 3.08. The van der Waals surface area contributed by atoms with Gasteiger partial charge in [0.05, 0.1) is 11.0 Å². The summed E-state index contributed by atoms with van der Waals surface area (Å²) in [5, 5.41) is 0. The van der Waals surface area contributed by atoms with Crippen LogP contribution in [0.15, 0.2) is 48.5 Å². The number of imidazole rings is 1. The summed E-state index contributed by atoms with van der Waals surface area (Å²) >= 11 is 0. The molecule has 146 valence electrons. The average molecular weight is 379 g/mol. The molecular weight excluding hydrogens is 353 g/mol. The molecule has 0 N–H and O–H groups in total. The summed E-state index contributed by atoms with van der Waals surface area (Å²) < 4.78 is 15.5. The van der Waals surface area contributed by atoms with Crippen LogP contribution >= 0.6 is 0 Å². The number of rotatable bonds is 6. The Morgan fingerprint density at radius 1 is 1.18 bits per heavy atom. The van der Waals surface area contributed by atoms with E-state index in [1.54, 1.807) is 12.1 Å². The van der Waals surface area contributed by atoms with Crippen LogP contribution in [-0.2, 0) is 17.9 Å². The highest BCUT2D eigenvalue weighted by Gasteiger charge is 2.34. The molecule has 1 fully saturated rings. The van der Waals surface area contributed by atoms with Crippen LogP contribution in [0.5, 0.6) is 0 Å². The zero-order valence-electron chi connectivity index (χ0n) is 16.4. The van der Waals surface area contributed by atoms with Crippen molar-refractivity contribution in [2.45, 2.75) is 45.7 Å². The molecule has 1 aliphatic heterocycles. The van der Waals surface area contributed by atoms with Crippen LogP contribution < -0.4 is 0 Å². The van der Waals surface area contributed by atoms with Crippen LogP contribution in [0.3, 0.4) is 0 Å². The lowest BCUT2D eigenvalue weighted by molar-refractivity contribution is -0.128. The fourth-order valence-electron chi connectivity index (χ4n) is 3.95. The lowest BCUT2D eigenvalue weighted by atomic mass is 10.1. The second-order valence-corrected chi connectivity index (χ2v) is 7.88. The Hall–Kier alpha value is -2.69. The number of para-hydroxylation sites is 2. The van der Waals surface area contributed by atoms with Gasteiger partial charge in [0.25, 0.3) is 0 Å². The second-order valence-electron chi connectivity index (χ2n) is 7.88. The molecule has 0 saturated carbocycles. The van der Waals surface area contributed by atoms with Gasteiger partial charge in [0.1, 0.15) is 11.6 Å². The minimum absolute atomic E-state index is 0.0874. The Labute approximate surface area is 165 Å². The van der Waals surface area contributed by atoms with Crippen LogP contribution in [0.2, 0.25) is 0 Å². The molecule has 5 heteroatoms. The van der Waals surface area contributed by atoms with Crippen LogP contribution in [0.25, 0.3) is 11.0 Å². The molecule has 0 bridgehead atoms. The number of nitrogens with zero attached hydrogens (tertiary/aromatic N) is 3. The summed E-state index contributed by atoms with van der Waals surface area (Å²) in [6, 6.07) is 14.6. The van der Waals surface area contributed by atoms with Gasteiger partial charge >= 0.3 is 0 Å². The zero-order chi connectivity index (χ0) is 19.7. The number of carbonyl (C=O) groups excluding carboxylic acids is 1. The van der Waals surface area contributed by atoms with E-state index in [4.69, 9.17) is 4.98 Å². The van der Waals surface area contributed by atoms with Gasteiger partial charge in [0.2, 0.25) is 5.91 Å². The first kappa shape index (κ1) is 18.7. The Bertz CT molecular complexity index is 979. The maximum Gasteiger partial charge on any atom is 0.223 e. The van der Waals surface area contributed by atoms with Crippen molar-refractivity contribution in [1.82, 2.24) is 14.5 Å². The number of benzene rings is 2. The topological polar surface area (TPSA) is 38.1 Å². The first-order valence-corrected chi connectivity index (χ1v) is 10.0. The van der Waals surface area contributed by atoms with Crippen molar-refractivity contribution >= 4 is 16.9 Å². The number of amides is 1. The molecule has 28 heavy (non-hydrogen) atoms. The number of halogens is 1. The number of hydrogen-bond donors (Lipinski definition) is 0. The predicted molar refractivity (Wildman–Crippen MR) is 108 cm³/mol. The van der Waals surface area contributed by atoms with Gasteiger partial charge in [-0.15, -0.1) is 0 Å². The minimum atomic E-state index is -0.256. The van der Waals surface area contributed by atoms with Crippen LogP contribution in [0.1, 0.15) is 44.0 Å². The summed E-state index contributed by atoms with van der Waals surface area (Å²) in [5.74, 6) is 1.52. The van der Waals surface area contributed by atoms with Gasteiger partial charge in [0, 0.05) is 32.0 Å². The van der Waals surface area contributed by atoms with Crippen LogP contribution in [0, 0.1) is 11.7 Å². The van der Waals surface area contributed by atoms with Crippen molar-refractivity contribution in [2.24, 2.45) is 5.92 Å². The number of carbonyl (C=O) groups is 1. The van der Waals surface area contributed by atoms with Gasteiger partial charge < -0.3 is 9.47 Å². The largest absolute Gasteiger partial charge is 0.338 e. The third-order valence-electron chi connectivity index (χ3n) is 5.74. The highest BCUT2D eigenvalue weighted by Crippen LogP contribution is 2.32. The van der Waals surface area contributed by atoms with Crippen molar-refractivity contribution in [3.8, 4) is 0 Å². The molecule has 2 unspecified atom stereocenters. The van der Waals surface area contributed by atoms with Crippen molar-refractivity contribution in [3.63, 3.8) is 0 Å². The fourth-order valence-corrected chi connectivity index (χ4v) is 3.95. The average Bonchev–Trinajstić information content (AvgIpc) is 3.24. The Morgan fingerprint density at radius 2 is 1.93 bits per heavy atom. The van der Waals surface area contributed by atoms with Crippen molar-refractivity contribution in [1.29, 1.82) is 0 Å². The maximum atomic E-state index is 13.1. The van der Waals surface area contributed by atoms with Crippen molar-refractivity contribution < 1.29 is 9.18 Å². The van der Waals surface area contributed by atoms with Gasteiger partial charge in [-0.3, -0.25) is 4.79 Å². The third kappa shape index (κ3) is 3.66. The van der Waals surface area contributed by atoms with Crippen LogP contribution in [-0.4, -0.2) is 26.9 Å². The van der Waals surface area contributed by atoms with E-state index >= 15 is 0 Å². The lowest BCUT2D eigenvalue weighted by Gasteiger charge is -2.18. The molecule has 3 aromatic rings. The van der Waals surface area contributed by atoms with E-state index in [9.17, 15) is 9.18 Å². The molecule has 1 aliphatic rings. The highest BCUT2D eigenvalue weighted by molar-refractivity contribution is 5.81. The normalized spacial score (nSPS) is 18.2. The number of hydrogen-bond acceptors (Lipinski definition) is 2. The van der Waals surface area contributed by atoms with E-state index < -0.39 is 0 Å². The molecule has 0 aliphatic carbocycles. The van der Waals surface area contributed by atoms with Gasteiger partial charge in [-0.05, 0) is 35.7 Å². The molecule has 4 nitrogen and oxygen atoms in total. The fraction of sp³-hybridized carbons (Fsp3) is 0.391. The number of aromatic nitrogens is 2. The minimum Gasteiger partial charge on any atom is -0.338 e. The third-order valence-corrected chi connectivity index (χ3v) is 5.74. The highest BCUT2D eigenvalue weighted by atomic mass is 19.1. The van der Waals surface area contributed by atoms with E-state index in [2.05, 4.69) is 24.5 Å². The molecular formula is C23H26FN3O. The smallest absolute Gasteiger partial charge is 0.223 e. The monoisotopic (exact) mass is 379 g/mol. The summed E-state index contributed by atoms with van der Waals surface area (Å²) in [6.07, 6.45) is 1.58. The van der Waals surface area contributed by atoms with E-state index in [0.717, 1.165) is 35.4 Å². The van der Waals surface area contributed by atoms with E-state index in [1.165, 1.54) is 12.1 Å². The number of fused-ring (bicyclic) bond motifs is 1.